The van der Waals surface area contributed by atoms with Crippen LogP contribution >= 0.6 is 0 Å². The van der Waals surface area contributed by atoms with Crippen LogP contribution in [0.15, 0.2) is 42.5 Å². The molecule has 0 spiro atoms. The molecule has 0 fully saturated rings. The second-order valence-corrected chi connectivity index (χ2v) is 17.8. The van der Waals surface area contributed by atoms with Crippen molar-refractivity contribution >= 4 is 13.3 Å². The van der Waals surface area contributed by atoms with Gasteiger partial charge in [0, 0.05) is 0 Å². The molecule has 0 saturated carbocycles. The van der Waals surface area contributed by atoms with Crippen LogP contribution in [0.5, 0.6) is 0 Å². The Morgan fingerprint density at radius 1 is 1.05 bits per heavy atom. The third-order valence-electron chi connectivity index (χ3n) is 4.76. The third-order valence-corrected chi connectivity index (χ3v) is 16.5. The van der Waals surface area contributed by atoms with Crippen LogP contribution in [-0.2, 0) is 11.3 Å². The van der Waals surface area contributed by atoms with E-state index < -0.39 is 13.3 Å². The van der Waals surface area contributed by atoms with E-state index in [-0.39, 0.29) is 0 Å². The zero-order chi connectivity index (χ0) is 15.6. The number of hydrogen-bond donors (Lipinski definition) is 0. The zero-order valence-electron chi connectivity index (χ0n) is 14.3. The van der Waals surface area contributed by atoms with Crippen molar-refractivity contribution in [3.8, 4) is 0 Å². The van der Waals surface area contributed by atoms with E-state index in [1.165, 1.54) is 26.6 Å². The molecule has 0 bridgehead atoms. The van der Waals surface area contributed by atoms with E-state index in [1.54, 1.807) is 0 Å². The van der Waals surface area contributed by atoms with Gasteiger partial charge in [-0.05, 0) is 0 Å². The molecule has 0 aliphatic rings. The van der Waals surface area contributed by atoms with Crippen LogP contribution < -0.4 is 0 Å². The molecule has 1 nitrogen and oxygen atoms in total. The summed E-state index contributed by atoms with van der Waals surface area (Å²) >= 11 is -1.52. The van der Waals surface area contributed by atoms with Gasteiger partial charge in [-0.3, -0.25) is 0 Å². The second-order valence-electron chi connectivity index (χ2n) is 6.17. The molecule has 1 atom stereocenters. The van der Waals surface area contributed by atoms with Crippen LogP contribution in [0.1, 0.15) is 33.3 Å². The van der Waals surface area contributed by atoms with Crippen molar-refractivity contribution in [3.63, 3.8) is 0 Å². The van der Waals surface area contributed by atoms with Crippen molar-refractivity contribution in [1.29, 1.82) is 0 Å². The Hall–Kier alpha value is -0.537. The van der Waals surface area contributed by atoms with E-state index >= 15 is 0 Å². The standard InChI is InChI=1S/C19H32GeO/c1-5-20(6-2,7-3)15-11-12-18(4)16-21-17-19-13-9-8-10-14-19/h8-14,18H,5-7,15-17H2,1-4H3/b12-11-. The number of hydrogen-bond acceptors (Lipinski definition) is 1. The normalized spacial score (nSPS) is 13.7. The average Bonchev–Trinajstić information content (AvgIpc) is 2.53. The SMILES string of the molecule is C[CH2][Ge]([CH2]C)([CH2]C)[CH2]/C=C\C(C)COCc1ccccc1. The van der Waals surface area contributed by atoms with Gasteiger partial charge in [0.1, 0.15) is 0 Å². The van der Waals surface area contributed by atoms with Gasteiger partial charge < -0.3 is 0 Å². The van der Waals surface area contributed by atoms with E-state index in [4.69, 9.17) is 4.74 Å². The molecule has 1 aromatic carbocycles. The number of allylic oxidation sites excluding steroid dienone is 1. The molecular formula is C19H32GeO. The Morgan fingerprint density at radius 3 is 2.24 bits per heavy atom. The molecule has 0 aliphatic heterocycles. The van der Waals surface area contributed by atoms with Crippen molar-refractivity contribution in [2.45, 2.75) is 55.3 Å². The van der Waals surface area contributed by atoms with Gasteiger partial charge in [-0.15, -0.1) is 0 Å². The van der Waals surface area contributed by atoms with E-state index in [9.17, 15) is 0 Å². The maximum absolute atomic E-state index is 5.81. The summed E-state index contributed by atoms with van der Waals surface area (Å²) in [5.41, 5.74) is 1.26. The minimum atomic E-state index is -1.52. The fourth-order valence-corrected chi connectivity index (χ4v) is 9.02. The van der Waals surface area contributed by atoms with Crippen LogP contribution in [0, 0.1) is 5.92 Å². The maximum atomic E-state index is 5.81. The van der Waals surface area contributed by atoms with Gasteiger partial charge in [-0.1, -0.05) is 0 Å². The first-order valence-corrected chi connectivity index (χ1v) is 14.4. The number of benzene rings is 1. The average molecular weight is 349 g/mol. The quantitative estimate of drug-likeness (QED) is 0.377. The van der Waals surface area contributed by atoms with Gasteiger partial charge in [0.15, 0.2) is 0 Å². The second kappa shape index (κ2) is 10.2. The number of rotatable bonds is 10. The third kappa shape index (κ3) is 6.84. The molecule has 1 rings (SSSR count). The van der Waals surface area contributed by atoms with Gasteiger partial charge in [-0.25, -0.2) is 0 Å². The van der Waals surface area contributed by atoms with Crippen LogP contribution in [0.3, 0.4) is 0 Å². The molecular weight excluding hydrogens is 317 g/mol. The summed E-state index contributed by atoms with van der Waals surface area (Å²) in [6.45, 7) is 11.0. The predicted octanol–water partition coefficient (Wildman–Crippen LogP) is 5.90. The molecule has 0 aliphatic carbocycles. The molecule has 1 aromatic rings. The molecule has 21 heavy (non-hydrogen) atoms. The fourth-order valence-electron chi connectivity index (χ4n) is 2.73. The summed E-state index contributed by atoms with van der Waals surface area (Å²) in [6.07, 6.45) is 4.82. The van der Waals surface area contributed by atoms with E-state index in [1.807, 2.05) is 6.07 Å². The first kappa shape index (κ1) is 18.5. The van der Waals surface area contributed by atoms with Crippen LogP contribution in [-0.4, -0.2) is 19.9 Å². The predicted molar refractivity (Wildman–Crippen MR) is 96.4 cm³/mol. The summed E-state index contributed by atoms with van der Waals surface area (Å²) in [6, 6.07) is 10.4. The summed E-state index contributed by atoms with van der Waals surface area (Å²) in [5, 5.41) is 5.75. The molecule has 2 heteroatoms. The Balaban J connectivity index is 2.29. The Morgan fingerprint density at radius 2 is 1.67 bits per heavy atom. The van der Waals surface area contributed by atoms with E-state index in [0.717, 1.165) is 13.2 Å². The minimum absolute atomic E-state index is 0.513. The fraction of sp³-hybridized carbons (Fsp3) is 0.579. The summed E-state index contributed by atoms with van der Waals surface area (Å²) in [4.78, 5) is 0. The van der Waals surface area contributed by atoms with Crippen LogP contribution in [0.4, 0.5) is 0 Å². The molecule has 0 aromatic heterocycles. The van der Waals surface area contributed by atoms with Crippen LogP contribution in [0.2, 0.25) is 21.0 Å². The summed E-state index contributed by atoms with van der Waals surface area (Å²) < 4.78 is 5.81. The molecule has 1 unspecified atom stereocenters. The van der Waals surface area contributed by atoms with Gasteiger partial charge in [-0.2, -0.15) is 0 Å². The Labute approximate surface area is 134 Å². The first-order valence-electron chi connectivity index (χ1n) is 8.44. The molecule has 0 amide bonds. The molecule has 0 heterocycles. The van der Waals surface area contributed by atoms with Crippen molar-refractivity contribution in [2.75, 3.05) is 6.61 Å². The first-order chi connectivity index (χ1) is 10.2. The molecule has 0 saturated heterocycles. The van der Waals surface area contributed by atoms with Gasteiger partial charge in [0.25, 0.3) is 0 Å². The molecule has 0 N–H and O–H groups in total. The Kier molecular flexibility index (Phi) is 9.02. The number of ether oxygens (including phenoxy) is 1. The monoisotopic (exact) mass is 350 g/mol. The topological polar surface area (TPSA) is 9.23 Å². The zero-order valence-corrected chi connectivity index (χ0v) is 16.4. The van der Waals surface area contributed by atoms with Gasteiger partial charge in [0.2, 0.25) is 0 Å². The van der Waals surface area contributed by atoms with E-state index in [2.05, 4.69) is 64.1 Å². The summed E-state index contributed by atoms with van der Waals surface area (Å²) in [7, 11) is 0. The van der Waals surface area contributed by atoms with Crippen molar-refractivity contribution in [3.05, 3.63) is 48.0 Å². The van der Waals surface area contributed by atoms with Gasteiger partial charge in [0.05, 0.1) is 0 Å². The van der Waals surface area contributed by atoms with Crippen molar-refractivity contribution in [2.24, 2.45) is 5.92 Å². The van der Waals surface area contributed by atoms with Crippen molar-refractivity contribution < 1.29 is 4.74 Å². The Bertz CT molecular complexity index is 387. The summed E-state index contributed by atoms with van der Waals surface area (Å²) in [5.74, 6) is 0.513. The van der Waals surface area contributed by atoms with Crippen LogP contribution in [0.25, 0.3) is 0 Å². The molecule has 0 radical (unpaired) electrons. The van der Waals surface area contributed by atoms with Crippen molar-refractivity contribution in [1.82, 2.24) is 0 Å². The molecule has 118 valence electrons. The van der Waals surface area contributed by atoms with Gasteiger partial charge >= 0.3 is 134 Å². The van der Waals surface area contributed by atoms with E-state index in [0.29, 0.717) is 5.92 Å².